The van der Waals surface area contributed by atoms with E-state index in [1.54, 1.807) is 25.3 Å². The van der Waals surface area contributed by atoms with Gasteiger partial charge in [0.25, 0.3) is 0 Å². The van der Waals surface area contributed by atoms with Gasteiger partial charge in [0, 0.05) is 6.08 Å². The predicted octanol–water partition coefficient (Wildman–Crippen LogP) is 3.89. The fraction of sp³-hybridized carbons (Fsp3) is 0.190. The van der Waals surface area contributed by atoms with Crippen molar-refractivity contribution in [2.45, 2.75) is 0 Å². The van der Waals surface area contributed by atoms with Crippen LogP contribution in [0.15, 0.2) is 42.5 Å². The standard InChI is InChI=1S/C21H21N3O5S/c1-26-15-8-6-5-7-14(15)20-23-24-21(30-20)22-18(25)10-9-13-11-16(27-2)19(29-4)17(12-13)28-3/h5-12H,1-4H3,(H,22,24,25)/b10-9+. The number of amides is 1. The van der Waals surface area contributed by atoms with Crippen molar-refractivity contribution in [1.82, 2.24) is 10.2 Å². The Hall–Kier alpha value is -3.59. The molecule has 156 valence electrons. The van der Waals surface area contributed by atoms with Crippen LogP contribution in [0.5, 0.6) is 23.0 Å². The quantitative estimate of drug-likeness (QED) is 0.545. The molecule has 8 nitrogen and oxygen atoms in total. The first-order chi connectivity index (χ1) is 14.6. The highest BCUT2D eigenvalue weighted by Crippen LogP contribution is 2.38. The Morgan fingerprint density at radius 2 is 1.60 bits per heavy atom. The van der Waals surface area contributed by atoms with Crippen LogP contribution in [0.1, 0.15) is 5.56 Å². The topological polar surface area (TPSA) is 91.8 Å². The molecule has 0 saturated heterocycles. The number of rotatable bonds is 8. The van der Waals surface area contributed by atoms with E-state index in [-0.39, 0.29) is 5.91 Å². The summed E-state index contributed by atoms with van der Waals surface area (Å²) in [5, 5.41) is 11.9. The first-order valence-corrected chi connectivity index (χ1v) is 9.67. The zero-order valence-corrected chi connectivity index (χ0v) is 17.8. The van der Waals surface area contributed by atoms with Crippen molar-refractivity contribution in [1.29, 1.82) is 0 Å². The summed E-state index contributed by atoms with van der Waals surface area (Å²) in [6.45, 7) is 0. The van der Waals surface area contributed by atoms with E-state index in [1.807, 2.05) is 24.3 Å². The van der Waals surface area contributed by atoms with Crippen molar-refractivity contribution < 1.29 is 23.7 Å². The summed E-state index contributed by atoms with van der Waals surface area (Å²) in [6, 6.07) is 11.0. The Labute approximate surface area is 178 Å². The Kier molecular flexibility index (Phi) is 6.87. The van der Waals surface area contributed by atoms with Crippen molar-refractivity contribution in [3.63, 3.8) is 0 Å². The summed E-state index contributed by atoms with van der Waals surface area (Å²) >= 11 is 1.26. The van der Waals surface area contributed by atoms with Gasteiger partial charge in [0.2, 0.25) is 16.8 Å². The molecule has 2 aromatic carbocycles. The van der Waals surface area contributed by atoms with Gasteiger partial charge >= 0.3 is 0 Å². The average molecular weight is 427 g/mol. The number of carbonyl (C=O) groups is 1. The largest absolute Gasteiger partial charge is 0.496 e. The number of carbonyl (C=O) groups excluding carboxylic acids is 1. The van der Waals surface area contributed by atoms with Crippen LogP contribution in [0.3, 0.4) is 0 Å². The van der Waals surface area contributed by atoms with Crippen LogP contribution in [0.4, 0.5) is 5.13 Å². The Morgan fingerprint density at radius 3 is 2.23 bits per heavy atom. The van der Waals surface area contributed by atoms with Crippen molar-refractivity contribution in [2.75, 3.05) is 33.8 Å². The number of ether oxygens (including phenoxy) is 4. The number of anilines is 1. The number of nitrogens with one attached hydrogen (secondary N) is 1. The summed E-state index contributed by atoms with van der Waals surface area (Å²) < 4.78 is 21.3. The molecular formula is C21H21N3O5S. The third-order valence-electron chi connectivity index (χ3n) is 4.11. The first-order valence-electron chi connectivity index (χ1n) is 8.85. The molecule has 3 aromatic rings. The Balaban J connectivity index is 1.74. The van der Waals surface area contributed by atoms with Gasteiger partial charge in [-0.3, -0.25) is 10.1 Å². The number of aromatic nitrogens is 2. The molecule has 1 amide bonds. The lowest BCUT2D eigenvalue weighted by atomic mass is 10.1. The minimum absolute atomic E-state index is 0.341. The molecule has 1 heterocycles. The van der Waals surface area contributed by atoms with Crippen LogP contribution >= 0.6 is 11.3 Å². The molecule has 1 N–H and O–H groups in total. The van der Waals surface area contributed by atoms with E-state index >= 15 is 0 Å². The summed E-state index contributed by atoms with van der Waals surface area (Å²) in [5.41, 5.74) is 1.53. The van der Waals surface area contributed by atoms with Crippen LogP contribution in [0.25, 0.3) is 16.6 Å². The number of hydrogen-bond acceptors (Lipinski definition) is 8. The fourth-order valence-electron chi connectivity index (χ4n) is 2.72. The van der Waals surface area contributed by atoms with Crippen LogP contribution in [0.2, 0.25) is 0 Å². The monoisotopic (exact) mass is 427 g/mol. The second-order valence-corrected chi connectivity index (χ2v) is 6.87. The maximum absolute atomic E-state index is 12.3. The Morgan fingerprint density at radius 1 is 0.933 bits per heavy atom. The van der Waals surface area contributed by atoms with E-state index < -0.39 is 0 Å². The molecule has 9 heteroatoms. The van der Waals surface area contributed by atoms with Gasteiger partial charge in [0.05, 0.1) is 34.0 Å². The van der Waals surface area contributed by atoms with Gasteiger partial charge in [-0.25, -0.2) is 0 Å². The van der Waals surface area contributed by atoms with Gasteiger partial charge in [0.1, 0.15) is 5.75 Å². The number of benzene rings is 2. The zero-order chi connectivity index (χ0) is 21.5. The highest BCUT2D eigenvalue weighted by Gasteiger charge is 2.14. The molecule has 30 heavy (non-hydrogen) atoms. The van der Waals surface area contributed by atoms with Crippen LogP contribution in [-0.2, 0) is 4.79 Å². The summed E-state index contributed by atoms with van der Waals surface area (Å²) in [4.78, 5) is 12.3. The normalized spacial score (nSPS) is 10.7. The molecule has 0 aliphatic heterocycles. The van der Waals surface area contributed by atoms with Gasteiger partial charge in [-0.1, -0.05) is 23.5 Å². The van der Waals surface area contributed by atoms with Crippen LogP contribution in [0, 0.1) is 0 Å². The van der Waals surface area contributed by atoms with Gasteiger partial charge in [-0.2, -0.15) is 0 Å². The van der Waals surface area contributed by atoms with Gasteiger partial charge < -0.3 is 18.9 Å². The molecule has 1 aromatic heterocycles. The van der Waals surface area contributed by atoms with Gasteiger partial charge in [0.15, 0.2) is 16.5 Å². The number of hydrogen-bond donors (Lipinski definition) is 1. The molecule has 0 aliphatic carbocycles. The van der Waals surface area contributed by atoms with Crippen LogP contribution < -0.4 is 24.3 Å². The summed E-state index contributed by atoms with van der Waals surface area (Å²) in [6.07, 6.45) is 3.03. The van der Waals surface area contributed by atoms with Crippen molar-refractivity contribution in [2.24, 2.45) is 0 Å². The summed E-state index contributed by atoms with van der Waals surface area (Å²) in [7, 11) is 6.19. The molecule has 3 rings (SSSR count). The Bertz CT molecular complexity index is 1040. The smallest absolute Gasteiger partial charge is 0.250 e. The molecular weight excluding hydrogens is 406 g/mol. The number of para-hydroxylation sites is 1. The SMILES string of the molecule is COc1ccccc1-c1nnc(NC(=O)/C=C/c2cc(OC)c(OC)c(OC)c2)s1. The maximum Gasteiger partial charge on any atom is 0.250 e. The van der Waals surface area contributed by atoms with E-state index in [1.165, 1.54) is 38.7 Å². The second kappa shape index (κ2) is 9.75. The van der Waals surface area contributed by atoms with E-state index in [2.05, 4.69) is 15.5 Å². The molecule has 0 atom stereocenters. The molecule has 0 spiro atoms. The molecule has 0 saturated carbocycles. The lowest BCUT2D eigenvalue weighted by Crippen LogP contribution is -2.07. The van der Waals surface area contributed by atoms with Crippen molar-refractivity contribution in [3.8, 4) is 33.6 Å². The minimum atomic E-state index is -0.341. The first kappa shape index (κ1) is 21.1. The number of nitrogens with zero attached hydrogens (tertiary/aromatic N) is 2. The molecule has 0 unspecified atom stereocenters. The van der Waals surface area contributed by atoms with E-state index in [0.717, 1.165) is 5.56 Å². The summed E-state index contributed by atoms with van der Waals surface area (Å²) in [5.74, 6) is 1.84. The van der Waals surface area contributed by atoms with Crippen molar-refractivity contribution in [3.05, 3.63) is 48.0 Å². The van der Waals surface area contributed by atoms with Gasteiger partial charge in [-0.15, -0.1) is 10.2 Å². The zero-order valence-electron chi connectivity index (χ0n) is 17.0. The minimum Gasteiger partial charge on any atom is -0.496 e. The molecule has 0 aliphatic rings. The highest BCUT2D eigenvalue weighted by molar-refractivity contribution is 7.18. The molecule has 0 radical (unpaired) electrons. The van der Waals surface area contributed by atoms with E-state index in [9.17, 15) is 4.79 Å². The second-order valence-electron chi connectivity index (χ2n) is 5.89. The van der Waals surface area contributed by atoms with E-state index in [4.69, 9.17) is 18.9 Å². The predicted molar refractivity (Wildman–Crippen MR) is 116 cm³/mol. The lowest BCUT2D eigenvalue weighted by molar-refractivity contribution is -0.111. The van der Waals surface area contributed by atoms with Crippen molar-refractivity contribution >= 4 is 28.5 Å². The number of methoxy groups -OCH3 is 4. The third-order valence-corrected chi connectivity index (χ3v) is 4.98. The van der Waals surface area contributed by atoms with E-state index in [0.29, 0.717) is 38.7 Å². The fourth-order valence-corrected chi connectivity index (χ4v) is 3.50. The molecule has 0 fully saturated rings. The van der Waals surface area contributed by atoms with Crippen LogP contribution in [-0.4, -0.2) is 44.5 Å². The molecule has 0 bridgehead atoms. The van der Waals surface area contributed by atoms with Gasteiger partial charge in [-0.05, 0) is 35.9 Å². The lowest BCUT2D eigenvalue weighted by Gasteiger charge is -2.12. The highest BCUT2D eigenvalue weighted by atomic mass is 32.1. The average Bonchev–Trinajstić information content (AvgIpc) is 3.24. The maximum atomic E-state index is 12.3. The third kappa shape index (κ3) is 4.69.